The summed E-state index contributed by atoms with van der Waals surface area (Å²) in [5.74, 6) is -0.482. The molecule has 0 unspecified atom stereocenters. The van der Waals surface area contributed by atoms with Crippen LogP contribution >= 0.6 is 0 Å². The molecule has 1 fully saturated rings. The summed E-state index contributed by atoms with van der Waals surface area (Å²) in [5, 5.41) is 5.30. The van der Waals surface area contributed by atoms with Gasteiger partial charge in [-0.25, -0.2) is 0 Å². The maximum atomic E-state index is 11.9. The lowest BCUT2D eigenvalue weighted by Crippen LogP contribution is -2.22. The molecule has 27 heavy (non-hydrogen) atoms. The molecule has 1 aliphatic rings. The summed E-state index contributed by atoms with van der Waals surface area (Å²) in [6, 6.07) is 8.69. The number of carbonyl (C=O) groups is 1. The minimum Gasteiger partial charge on any atom is -0.364 e. The zero-order valence-corrected chi connectivity index (χ0v) is 15.9. The summed E-state index contributed by atoms with van der Waals surface area (Å²) in [6.07, 6.45) is 5.99. The molecule has 1 aromatic carbocycles. The second kappa shape index (κ2) is 7.12. The fourth-order valence-corrected chi connectivity index (χ4v) is 3.54. The van der Waals surface area contributed by atoms with Crippen molar-refractivity contribution in [3.05, 3.63) is 47.9 Å². The number of fused-ring (bicyclic) bond motifs is 1. The molecule has 0 aliphatic heterocycles. The number of benzene rings is 1. The van der Waals surface area contributed by atoms with E-state index in [0.717, 1.165) is 54.5 Å². The van der Waals surface area contributed by atoms with Crippen LogP contribution in [0.1, 0.15) is 48.8 Å². The minimum absolute atomic E-state index is 0.353. The first-order chi connectivity index (χ1) is 13.1. The van der Waals surface area contributed by atoms with Crippen LogP contribution in [0.3, 0.4) is 0 Å². The molecular weight excluding hydrogens is 338 g/mol. The first-order valence-corrected chi connectivity index (χ1v) is 9.59. The van der Waals surface area contributed by atoms with Gasteiger partial charge in [-0.15, -0.1) is 0 Å². The van der Waals surface area contributed by atoms with Crippen molar-refractivity contribution in [2.45, 2.75) is 39.3 Å². The summed E-state index contributed by atoms with van der Waals surface area (Å²) >= 11 is 0. The van der Waals surface area contributed by atoms with Crippen molar-refractivity contribution in [3.63, 3.8) is 0 Å². The third kappa shape index (κ3) is 3.45. The van der Waals surface area contributed by atoms with E-state index in [-0.39, 0.29) is 0 Å². The summed E-state index contributed by atoms with van der Waals surface area (Å²) < 4.78 is 1.95. The summed E-state index contributed by atoms with van der Waals surface area (Å²) in [7, 11) is 0. The largest absolute Gasteiger partial charge is 0.364 e. The maximum absolute atomic E-state index is 11.9. The van der Waals surface area contributed by atoms with Crippen LogP contribution in [0.2, 0.25) is 0 Å². The van der Waals surface area contributed by atoms with Crippen LogP contribution in [0.4, 0.5) is 0 Å². The van der Waals surface area contributed by atoms with Crippen LogP contribution in [-0.4, -0.2) is 38.7 Å². The van der Waals surface area contributed by atoms with Crippen molar-refractivity contribution in [2.24, 2.45) is 5.73 Å². The Bertz CT molecular complexity index is 985. The van der Waals surface area contributed by atoms with Crippen LogP contribution in [0.15, 0.2) is 36.7 Å². The molecule has 2 heterocycles. The molecule has 6 heteroatoms. The lowest BCUT2D eigenvalue weighted by Gasteiger charge is -2.18. The molecule has 0 saturated heterocycles. The summed E-state index contributed by atoms with van der Waals surface area (Å²) in [6.45, 7) is 7.22. The Labute approximate surface area is 159 Å². The Morgan fingerprint density at radius 2 is 1.96 bits per heavy atom. The molecule has 2 aromatic heterocycles. The highest BCUT2D eigenvalue weighted by atomic mass is 16.1. The van der Waals surface area contributed by atoms with Crippen LogP contribution in [0, 0.1) is 0 Å². The normalized spacial score (nSPS) is 14.2. The third-order valence-corrected chi connectivity index (χ3v) is 5.26. The number of nitrogens with zero attached hydrogens (tertiary/aromatic N) is 4. The van der Waals surface area contributed by atoms with Crippen LogP contribution in [-0.2, 0) is 6.54 Å². The zero-order valence-electron chi connectivity index (χ0n) is 15.9. The second-order valence-electron chi connectivity index (χ2n) is 7.16. The number of amides is 1. The van der Waals surface area contributed by atoms with E-state index in [1.807, 2.05) is 29.2 Å². The van der Waals surface area contributed by atoms with E-state index in [9.17, 15) is 4.79 Å². The van der Waals surface area contributed by atoms with Crippen molar-refractivity contribution < 1.29 is 4.79 Å². The van der Waals surface area contributed by atoms with E-state index in [2.05, 4.69) is 41.0 Å². The maximum Gasteiger partial charge on any atom is 0.269 e. The average Bonchev–Trinajstić information content (AvgIpc) is 3.46. The van der Waals surface area contributed by atoms with Gasteiger partial charge >= 0.3 is 0 Å². The van der Waals surface area contributed by atoms with Crippen molar-refractivity contribution in [1.82, 2.24) is 19.7 Å². The molecule has 1 aliphatic carbocycles. The van der Waals surface area contributed by atoms with E-state index in [0.29, 0.717) is 11.7 Å². The Balaban J connectivity index is 1.74. The topological polar surface area (TPSA) is 77.0 Å². The number of aromatic nitrogens is 3. The predicted molar refractivity (Wildman–Crippen MR) is 106 cm³/mol. The highest BCUT2D eigenvalue weighted by molar-refractivity contribution is 6.05. The van der Waals surface area contributed by atoms with Gasteiger partial charge in [-0.1, -0.05) is 19.9 Å². The molecule has 4 rings (SSSR count). The van der Waals surface area contributed by atoms with Crippen LogP contribution in [0.25, 0.3) is 22.0 Å². The van der Waals surface area contributed by atoms with Crippen molar-refractivity contribution in [1.29, 1.82) is 0 Å². The van der Waals surface area contributed by atoms with Crippen LogP contribution in [0.5, 0.6) is 0 Å². The minimum atomic E-state index is -0.482. The molecule has 3 aromatic rings. The van der Waals surface area contributed by atoms with Gasteiger partial charge in [-0.3, -0.25) is 19.4 Å². The predicted octanol–water partition coefficient (Wildman–Crippen LogP) is 3.37. The van der Waals surface area contributed by atoms with Gasteiger partial charge in [0.15, 0.2) is 5.69 Å². The smallest absolute Gasteiger partial charge is 0.269 e. The van der Waals surface area contributed by atoms with Gasteiger partial charge in [-0.05, 0) is 55.3 Å². The molecule has 0 spiro atoms. The molecule has 6 nitrogen and oxygen atoms in total. The third-order valence-electron chi connectivity index (χ3n) is 5.26. The van der Waals surface area contributed by atoms with Gasteiger partial charge in [0.1, 0.15) is 0 Å². The summed E-state index contributed by atoms with van der Waals surface area (Å²) in [5.41, 5.74) is 10.1. The van der Waals surface area contributed by atoms with Crippen molar-refractivity contribution >= 4 is 16.8 Å². The second-order valence-corrected chi connectivity index (χ2v) is 7.16. The standard InChI is InChI=1S/C21H25N5O/c1-3-25(4-2)13-14-9-16(12-23-11-14)15-5-8-19-18(10-15)20(21(22)27)24-26(19)17-6-7-17/h5,8-12,17H,3-4,6-7,13H2,1-2H3,(H2,22,27). The number of hydrogen-bond acceptors (Lipinski definition) is 4. The van der Waals surface area contributed by atoms with Gasteiger partial charge < -0.3 is 5.73 Å². The van der Waals surface area contributed by atoms with Gasteiger partial charge in [0.25, 0.3) is 5.91 Å². The molecule has 1 amide bonds. The van der Waals surface area contributed by atoms with E-state index < -0.39 is 5.91 Å². The fraction of sp³-hybridized carbons (Fsp3) is 0.381. The lowest BCUT2D eigenvalue weighted by molar-refractivity contribution is 0.0996. The van der Waals surface area contributed by atoms with Gasteiger partial charge in [0.2, 0.25) is 0 Å². The van der Waals surface area contributed by atoms with Gasteiger partial charge in [0.05, 0.1) is 11.6 Å². The Hall–Kier alpha value is -2.73. The number of pyridine rings is 1. The highest BCUT2D eigenvalue weighted by Crippen LogP contribution is 2.38. The molecular formula is C21H25N5O. The van der Waals surface area contributed by atoms with E-state index >= 15 is 0 Å². The van der Waals surface area contributed by atoms with E-state index in [1.165, 1.54) is 5.56 Å². The fourth-order valence-electron chi connectivity index (χ4n) is 3.54. The first-order valence-electron chi connectivity index (χ1n) is 9.59. The number of nitrogens with two attached hydrogens (primary N) is 1. The molecule has 0 radical (unpaired) electrons. The average molecular weight is 363 g/mol. The monoisotopic (exact) mass is 363 g/mol. The van der Waals surface area contributed by atoms with Crippen molar-refractivity contribution in [2.75, 3.05) is 13.1 Å². The molecule has 0 atom stereocenters. The molecule has 140 valence electrons. The first kappa shape index (κ1) is 17.7. The number of primary amides is 1. The van der Waals surface area contributed by atoms with Gasteiger partial charge in [-0.2, -0.15) is 5.10 Å². The Morgan fingerprint density at radius 1 is 1.19 bits per heavy atom. The number of carbonyl (C=O) groups excluding carboxylic acids is 1. The Kier molecular flexibility index (Phi) is 4.66. The molecule has 0 bridgehead atoms. The summed E-state index contributed by atoms with van der Waals surface area (Å²) in [4.78, 5) is 18.7. The van der Waals surface area contributed by atoms with Crippen LogP contribution < -0.4 is 5.73 Å². The number of hydrogen-bond donors (Lipinski definition) is 1. The van der Waals surface area contributed by atoms with Gasteiger partial charge in [0, 0.05) is 29.9 Å². The SMILES string of the molecule is CCN(CC)Cc1cncc(-c2ccc3c(c2)c(C(N)=O)nn3C2CC2)c1. The zero-order chi connectivity index (χ0) is 19.0. The Morgan fingerprint density at radius 3 is 2.63 bits per heavy atom. The lowest BCUT2D eigenvalue weighted by atomic mass is 10.0. The highest BCUT2D eigenvalue weighted by Gasteiger charge is 2.28. The number of rotatable bonds is 7. The van der Waals surface area contributed by atoms with E-state index in [4.69, 9.17) is 5.73 Å². The quantitative estimate of drug-likeness (QED) is 0.698. The molecule has 2 N–H and O–H groups in total. The van der Waals surface area contributed by atoms with Crippen molar-refractivity contribution in [3.8, 4) is 11.1 Å². The molecule has 1 saturated carbocycles. The van der Waals surface area contributed by atoms with E-state index in [1.54, 1.807) is 0 Å².